The Kier molecular flexibility index (Phi) is 4.40. The van der Waals surface area contributed by atoms with Crippen molar-refractivity contribution in [2.75, 3.05) is 18.0 Å². The van der Waals surface area contributed by atoms with Crippen LogP contribution in [0.25, 0.3) is 27.9 Å². The fourth-order valence-electron chi connectivity index (χ4n) is 4.59. The fraction of sp³-hybridized carbons (Fsp3) is 0.333. The Morgan fingerprint density at radius 3 is 2.60 bits per heavy atom. The molecular weight excluding hydrogens is 376 g/mol. The van der Waals surface area contributed by atoms with Crippen LogP contribution in [0.2, 0.25) is 0 Å². The number of pyridine rings is 1. The summed E-state index contributed by atoms with van der Waals surface area (Å²) >= 11 is 0. The molecule has 154 valence electrons. The predicted molar refractivity (Wildman–Crippen MR) is 120 cm³/mol. The van der Waals surface area contributed by atoms with Gasteiger partial charge >= 0.3 is 5.63 Å². The second-order valence-corrected chi connectivity index (χ2v) is 8.60. The van der Waals surface area contributed by atoms with E-state index in [-0.39, 0.29) is 5.63 Å². The van der Waals surface area contributed by atoms with Gasteiger partial charge in [0.2, 0.25) is 0 Å². The molecule has 1 aliphatic heterocycles. The van der Waals surface area contributed by atoms with Crippen molar-refractivity contribution in [2.45, 2.75) is 39.8 Å². The molecular formula is C24H26N4O2. The highest BCUT2D eigenvalue weighted by Gasteiger charge is 2.22. The van der Waals surface area contributed by atoms with Gasteiger partial charge in [0.15, 0.2) is 0 Å². The van der Waals surface area contributed by atoms with E-state index in [1.54, 1.807) is 0 Å². The quantitative estimate of drug-likeness (QED) is 0.515. The number of piperazine rings is 1. The molecule has 1 N–H and O–H groups in total. The zero-order chi connectivity index (χ0) is 21.0. The summed E-state index contributed by atoms with van der Waals surface area (Å²) in [5.74, 6) is 0. The summed E-state index contributed by atoms with van der Waals surface area (Å²) in [6.07, 6.45) is 3.91. The molecule has 1 aromatic carbocycles. The number of fused-ring (bicyclic) bond motifs is 2. The van der Waals surface area contributed by atoms with Crippen LogP contribution in [0, 0.1) is 13.8 Å². The number of imidazole rings is 1. The Morgan fingerprint density at radius 2 is 1.83 bits per heavy atom. The van der Waals surface area contributed by atoms with Gasteiger partial charge in [-0.1, -0.05) is 6.07 Å². The molecule has 4 aromatic rings. The van der Waals surface area contributed by atoms with Crippen molar-refractivity contribution in [1.29, 1.82) is 0 Å². The average Bonchev–Trinajstić information content (AvgIpc) is 3.10. The minimum absolute atomic E-state index is 0.362. The van der Waals surface area contributed by atoms with Crippen molar-refractivity contribution >= 4 is 22.3 Å². The summed E-state index contributed by atoms with van der Waals surface area (Å²) in [4.78, 5) is 19.8. The molecule has 0 aliphatic carbocycles. The molecule has 0 spiro atoms. The van der Waals surface area contributed by atoms with E-state index in [9.17, 15) is 4.79 Å². The first-order valence-electron chi connectivity index (χ1n) is 10.4. The van der Waals surface area contributed by atoms with Gasteiger partial charge in [0.1, 0.15) is 11.2 Å². The number of benzene rings is 1. The maximum absolute atomic E-state index is 12.8. The number of nitrogens with one attached hydrogen (secondary N) is 1. The average molecular weight is 402 g/mol. The summed E-state index contributed by atoms with van der Waals surface area (Å²) in [6.45, 7) is 10.3. The smallest absolute Gasteiger partial charge is 0.345 e. The van der Waals surface area contributed by atoms with Gasteiger partial charge in [-0.15, -0.1) is 0 Å². The number of nitrogens with zero attached hydrogens (tertiary/aromatic N) is 3. The van der Waals surface area contributed by atoms with E-state index in [4.69, 9.17) is 4.42 Å². The first kappa shape index (κ1) is 18.9. The van der Waals surface area contributed by atoms with E-state index in [1.165, 1.54) is 0 Å². The van der Waals surface area contributed by atoms with Gasteiger partial charge in [-0.05, 0) is 57.0 Å². The zero-order valence-electron chi connectivity index (χ0n) is 17.8. The summed E-state index contributed by atoms with van der Waals surface area (Å²) in [5, 5.41) is 4.44. The zero-order valence-corrected chi connectivity index (χ0v) is 17.8. The molecule has 4 heterocycles. The lowest BCUT2D eigenvalue weighted by Gasteiger charge is -2.37. The molecule has 0 amide bonds. The third-order valence-electron chi connectivity index (χ3n) is 5.79. The summed E-state index contributed by atoms with van der Waals surface area (Å²) in [5.41, 5.74) is 5.53. The summed E-state index contributed by atoms with van der Waals surface area (Å²) < 4.78 is 7.71. The first-order valence-corrected chi connectivity index (χ1v) is 10.4. The van der Waals surface area contributed by atoms with Crippen molar-refractivity contribution in [3.63, 3.8) is 0 Å². The van der Waals surface area contributed by atoms with Crippen molar-refractivity contribution in [2.24, 2.45) is 0 Å². The Labute approximate surface area is 175 Å². The Bertz CT molecular complexity index is 1310. The van der Waals surface area contributed by atoms with Gasteiger partial charge in [-0.2, -0.15) is 0 Å². The first-order chi connectivity index (χ1) is 14.4. The minimum Gasteiger partial charge on any atom is -0.422 e. The minimum atomic E-state index is -0.362. The van der Waals surface area contributed by atoms with Gasteiger partial charge in [0.25, 0.3) is 0 Å². The van der Waals surface area contributed by atoms with Crippen LogP contribution in [0.5, 0.6) is 0 Å². The number of aryl methyl sites for hydroxylation is 2. The molecule has 1 fully saturated rings. The van der Waals surface area contributed by atoms with E-state index in [0.29, 0.717) is 28.9 Å². The number of aromatic nitrogens is 2. The van der Waals surface area contributed by atoms with Gasteiger partial charge in [-0.3, -0.25) is 0 Å². The highest BCUT2D eigenvalue weighted by atomic mass is 16.4. The monoisotopic (exact) mass is 402 g/mol. The molecule has 0 saturated carbocycles. The van der Waals surface area contributed by atoms with E-state index in [1.807, 2.05) is 48.8 Å². The van der Waals surface area contributed by atoms with Gasteiger partial charge < -0.3 is 19.0 Å². The lowest BCUT2D eigenvalue weighted by molar-refractivity contribution is 0.407. The van der Waals surface area contributed by atoms with Crippen LogP contribution in [-0.4, -0.2) is 34.6 Å². The van der Waals surface area contributed by atoms with Crippen LogP contribution < -0.4 is 15.8 Å². The van der Waals surface area contributed by atoms with E-state index in [0.717, 1.165) is 40.9 Å². The van der Waals surface area contributed by atoms with E-state index >= 15 is 0 Å². The SMILES string of the molecule is Cc1cc(C)c2nc(-c3cc4ccc(N5CC(C)NC(C)C5)cc4oc3=O)cn2c1. The molecule has 6 heteroatoms. The summed E-state index contributed by atoms with van der Waals surface area (Å²) in [6, 6.07) is 10.9. The molecule has 0 radical (unpaired) electrons. The lowest BCUT2D eigenvalue weighted by atomic mass is 10.1. The van der Waals surface area contributed by atoms with Crippen molar-refractivity contribution in [3.8, 4) is 11.3 Å². The van der Waals surface area contributed by atoms with Crippen LogP contribution in [-0.2, 0) is 0 Å². The number of anilines is 1. The molecule has 30 heavy (non-hydrogen) atoms. The normalized spacial score (nSPS) is 19.7. The van der Waals surface area contributed by atoms with E-state index < -0.39 is 0 Å². The molecule has 6 nitrogen and oxygen atoms in total. The van der Waals surface area contributed by atoms with Crippen LogP contribution in [0.3, 0.4) is 0 Å². The highest BCUT2D eigenvalue weighted by Crippen LogP contribution is 2.26. The molecule has 2 unspecified atom stereocenters. The maximum atomic E-state index is 12.8. The largest absolute Gasteiger partial charge is 0.422 e. The third kappa shape index (κ3) is 3.27. The molecule has 1 saturated heterocycles. The summed E-state index contributed by atoms with van der Waals surface area (Å²) in [7, 11) is 0. The van der Waals surface area contributed by atoms with Crippen molar-refractivity contribution in [1.82, 2.24) is 14.7 Å². The topological polar surface area (TPSA) is 62.8 Å². The Morgan fingerprint density at radius 1 is 1.07 bits per heavy atom. The number of rotatable bonds is 2. The van der Waals surface area contributed by atoms with Crippen molar-refractivity contribution < 1.29 is 4.42 Å². The Hall–Kier alpha value is -3.12. The van der Waals surface area contributed by atoms with Crippen LogP contribution in [0.15, 0.2) is 51.9 Å². The van der Waals surface area contributed by atoms with Crippen LogP contribution in [0.1, 0.15) is 25.0 Å². The van der Waals surface area contributed by atoms with E-state index in [2.05, 4.69) is 41.2 Å². The molecule has 3 aromatic heterocycles. The lowest BCUT2D eigenvalue weighted by Crippen LogP contribution is -2.54. The number of hydrogen-bond donors (Lipinski definition) is 1. The molecule has 2 atom stereocenters. The second kappa shape index (κ2) is 6.99. The van der Waals surface area contributed by atoms with Crippen LogP contribution >= 0.6 is 0 Å². The Balaban J connectivity index is 1.56. The highest BCUT2D eigenvalue weighted by molar-refractivity contribution is 5.84. The van der Waals surface area contributed by atoms with Crippen LogP contribution in [0.4, 0.5) is 5.69 Å². The van der Waals surface area contributed by atoms with Gasteiger partial charge in [-0.25, -0.2) is 9.78 Å². The predicted octanol–water partition coefficient (Wildman–Crippen LogP) is 3.91. The third-order valence-corrected chi connectivity index (χ3v) is 5.79. The number of hydrogen-bond acceptors (Lipinski definition) is 5. The standard InChI is InChI=1S/C24H26N4O2/c1-14-7-15(2)23-26-21(13-28(23)10-14)20-8-18-5-6-19(9-22(18)30-24(20)29)27-11-16(3)25-17(4)12-27/h5-10,13,16-17,25H,11-12H2,1-4H3. The fourth-order valence-corrected chi connectivity index (χ4v) is 4.59. The molecule has 1 aliphatic rings. The molecule has 0 bridgehead atoms. The second-order valence-electron chi connectivity index (χ2n) is 8.60. The molecule has 5 rings (SSSR count). The van der Waals surface area contributed by atoms with Crippen molar-refractivity contribution in [3.05, 3.63) is 64.3 Å². The van der Waals surface area contributed by atoms with Gasteiger partial charge in [0.05, 0.1) is 11.3 Å². The maximum Gasteiger partial charge on any atom is 0.345 e. The van der Waals surface area contributed by atoms with Gasteiger partial charge in [0, 0.05) is 54.7 Å².